The van der Waals surface area contributed by atoms with E-state index < -0.39 is 0 Å². The van der Waals surface area contributed by atoms with E-state index in [1.165, 1.54) is 25.0 Å². The molecule has 0 bridgehead atoms. The molecule has 8 nitrogen and oxygen atoms in total. The number of fused-ring (bicyclic) bond motifs is 1. The molecule has 39 heavy (non-hydrogen) atoms. The monoisotopic (exact) mass is 525 g/mol. The number of piperazine rings is 1. The lowest BCUT2D eigenvalue weighted by atomic mass is 10.1. The number of amides is 2. The van der Waals surface area contributed by atoms with Crippen LogP contribution in [0.4, 0.5) is 20.7 Å². The van der Waals surface area contributed by atoms with Crippen LogP contribution in [0.15, 0.2) is 60.7 Å². The molecule has 2 saturated heterocycles. The molecule has 0 unspecified atom stereocenters. The third-order valence-electron chi connectivity index (χ3n) is 7.41. The van der Waals surface area contributed by atoms with E-state index in [1.807, 2.05) is 48.2 Å². The molecule has 0 saturated carbocycles. The molecular weight excluding hydrogens is 493 g/mol. The average Bonchev–Trinajstić information content (AvgIpc) is 3.46. The van der Waals surface area contributed by atoms with Crippen molar-refractivity contribution in [3.05, 3.63) is 77.9 Å². The Morgan fingerprint density at radius 2 is 1.67 bits per heavy atom. The van der Waals surface area contributed by atoms with Crippen LogP contribution in [0, 0.1) is 12.7 Å². The Bertz CT molecular complexity index is 1480. The van der Waals surface area contributed by atoms with Gasteiger partial charge in [-0.25, -0.2) is 24.1 Å². The maximum atomic E-state index is 13.5. The second-order valence-electron chi connectivity index (χ2n) is 10.3. The Balaban J connectivity index is 1.26. The van der Waals surface area contributed by atoms with Gasteiger partial charge in [0.2, 0.25) is 0 Å². The number of aryl methyl sites for hydroxylation is 1. The largest absolute Gasteiger partial charge is 0.351 e. The number of halogens is 1. The lowest BCUT2D eigenvalue weighted by Gasteiger charge is -2.35. The van der Waals surface area contributed by atoms with Crippen LogP contribution in [0.3, 0.4) is 0 Å². The van der Waals surface area contributed by atoms with Crippen molar-refractivity contribution in [2.75, 3.05) is 49.5 Å². The van der Waals surface area contributed by atoms with Gasteiger partial charge < -0.3 is 15.1 Å². The number of hydrogen-bond donors (Lipinski definition) is 1. The number of benzene rings is 2. The highest BCUT2D eigenvalue weighted by Crippen LogP contribution is 2.28. The average molecular weight is 526 g/mol. The second-order valence-corrected chi connectivity index (χ2v) is 10.3. The summed E-state index contributed by atoms with van der Waals surface area (Å²) < 4.78 is 13.5. The lowest BCUT2D eigenvalue weighted by Crippen LogP contribution is -2.50. The van der Waals surface area contributed by atoms with Crippen LogP contribution in [0.25, 0.3) is 22.3 Å². The van der Waals surface area contributed by atoms with E-state index in [1.54, 1.807) is 12.1 Å². The van der Waals surface area contributed by atoms with Crippen molar-refractivity contribution in [3.63, 3.8) is 0 Å². The van der Waals surface area contributed by atoms with Gasteiger partial charge in [-0.15, -0.1) is 0 Å². The number of nitrogens with one attached hydrogen (secondary N) is 1. The number of pyridine rings is 1. The number of carbonyl (C=O) groups excluding carboxylic acids is 1. The van der Waals surface area contributed by atoms with Crippen molar-refractivity contribution in [2.24, 2.45) is 0 Å². The Labute approximate surface area is 227 Å². The van der Waals surface area contributed by atoms with Crippen LogP contribution in [-0.2, 0) is 6.54 Å². The van der Waals surface area contributed by atoms with Gasteiger partial charge in [0.25, 0.3) is 0 Å². The summed E-state index contributed by atoms with van der Waals surface area (Å²) in [5, 5.41) is 3.01. The zero-order valence-corrected chi connectivity index (χ0v) is 22.1. The quantitative estimate of drug-likeness (QED) is 0.391. The van der Waals surface area contributed by atoms with Crippen molar-refractivity contribution in [1.29, 1.82) is 0 Å². The van der Waals surface area contributed by atoms with Crippen LogP contribution in [0.2, 0.25) is 0 Å². The van der Waals surface area contributed by atoms with E-state index in [2.05, 4.69) is 15.1 Å². The summed E-state index contributed by atoms with van der Waals surface area (Å²) in [5.74, 6) is 1.30. The van der Waals surface area contributed by atoms with Crippen molar-refractivity contribution < 1.29 is 9.18 Å². The third-order valence-corrected chi connectivity index (χ3v) is 7.41. The molecule has 200 valence electrons. The standard InChI is InChI=1S/C30H32FN7O/c1-21-5-4-6-24(19-21)32-30(39)38-17-15-37(16-18-38)29-28-26(33-27(35-29)20-36-13-2-3-14-36)12-11-25(34-28)22-7-9-23(31)10-8-22/h4-12,19H,2-3,13-18,20H2,1H3,(H,32,39). The molecule has 9 heteroatoms. The minimum Gasteiger partial charge on any atom is -0.351 e. The molecule has 0 aliphatic carbocycles. The van der Waals surface area contributed by atoms with Gasteiger partial charge in [-0.1, -0.05) is 12.1 Å². The number of carbonyl (C=O) groups is 1. The molecule has 2 aromatic heterocycles. The zero-order valence-electron chi connectivity index (χ0n) is 22.1. The first-order chi connectivity index (χ1) is 19.0. The number of urea groups is 1. The first-order valence-corrected chi connectivity index (χ1v) is 13.6. The molecule has 6 rings (SSSR count). The predicted molar refractivity (Wildman–Crippen MR) is 151 cm³/mol. The van der Waals surface area contributed by atoms with E-state index >= 15 is 0 Å². The number of hydrogen-bond acceptors (Lipinski definition) is 6. The van der Waals surface area contributed by atoms with Crippen LogP contribution >= 0.6 is 0 Å². The van der Waals surface area contributed by atoms with Crippen molar-refractivity contribution in [2.45, 2.75) is 26.3 Å². The molecule has 0 spiro atoms. The van der Waals surface area contributed by atoms with Crippen molar-refractivity contribution in [1.82, 2.24) is 24.8 Å². The molecule has 2 aliphatic heterocycles. The number of anilines is 2. The number of likely N-dealkylation sites (tertiary alicyclic amines) is 1. The van der Waals surface area contributed by atoms with E-state index in [0.717, 1.165) is 58.3 Å². The summed E-state index contributed by atoms with van der Waals surface area (Å²) in [7, 11) is 0. The summed E-state index contributed by atoms with van der Waals surface area (Å²) in [4.78, 5) is 34.2. The molecule has 2 aliphatic rings. The molecule has 1 N–H and O–H groups in total. The molecule has 2 amide bonds. The van der Waals surface area contributed by atoms with Gasteiger partial charge in [-0.05, 0) is 86.9 Å². The minimum atomic E-state index is -0.278. The van der Waals surface area contributed by atoms with E-state index in [9.17, 15) is 9.18 Å². The van der Waals surface area contributed by atoms with E-state index in [-0.39, 0.29) is 11.8 Å². The number of rotatable bonds is 5. The first-order valence-electron chi connectivity index (χ1n) is 13.6. The maximum absolute atomic E-state index is 13.5. The highest BCUT2D eigenvalue weighted by Gasteiger charge is 2.25. The molecular formula is C30H32FN7O. The van der Waals surface area contributed by atoms with Crippen LogP contribution < -0.4 is 10.2 Å². The highest BCUT2D eigenvalue weighted by atomic mass is 19.1. The SMILES string of the molecule is Cc1cccc(NC(=O)N2CCN(c3nc(CN4CCCC4)nc4ccc(-c5ccc(F)cc5)nc34)CC2)c1. The number of nitrogens with zero attached hydrogens (tertiary/aromatic N) is 6. The van der Waals surface area contributed by atoms with Crippen molar-refractivity contribution >= 4 is 28.6 Å². The van der Waals surface area contributed by atoms with Gasteiger partial charge in [-0.3, -0.25) is 4.90 Å². The molecule has 4 heterocycles. The zero-order chi connectivity index (χ0) is 26.8. The molecule has 4 aromatic rings. The molecule has 2 fully saturated rings. The fourth-order valence-electron chi connectivity index (χ4n) is 5.31. The summed E-state index contributed by atoms with van der Waals surface area (Å²) in [6.45, 7) is 7.26. The summed E-state index contributed by atoms with van der Waals surface area (Å²) in [6, 6.07) is 18.0. The Hall–Kier alpha value is -4.11. The van der Waals surface area contributed by atoms with Gasteiger partial charge in [-0.2, -0.15) is 0 Å². The van der Waals surface area contributed by atoms with Gasteiger partial charge in [0, 0.05) is 37.4 Å². The topological polar surface area (TPSA) is 77.5 Å². The Kier molecular flexibility index (Phi) is 7.06. The van der Waals surface area contributed by atoms with Gasteiger partial charge in [0.1, 0.15) is 17.2 Å². The molecule has 2 aromatic carbocycles. The first kappa shape index (κ1) is 25.2. The minimum absolute atomic E-state index is 0.0979. The normalized spacial score (nSPS) is 16.2. The maximum Gasteiger partial charge on any atom is 0.321 e. The predicted octanol–water partition coefficient (Wildman–Crippen LogP) is 5.09. The fraction of sp³-hybridized carbons (Fsp3) is 0.333. The molecule has 0 atom stereocenters. The number of aromatic nitrogens is 3. The summed E-state index contributed by atoms with van der Waals surface area (Å²) >= 11 is 0. The van der Waals surface area contributed by atoms with Crippen LogP contribution in [0.5, 0.6) is 0 Å². The van der Waals surface area contributed by atoms with Gasteiger partial charge in [0.05, 0.1) is 17.8 Å². The molecule has 0 radical (unpaired) electrons. The lowest BCUT2D eigenvalue weighted by molar-refractivity contribution is 0.208. The van der Waals surface area contributed by atoms with Crippen molar-refractivity contribution in [3.8, 4) is 11.3 Å². The smallest absolute Gasteiger partial charge is 0.321 e. The second kappa shape index (κ2) is 10.9. The van der Waals surface area contributed by atoms with E-state index in [4.69, 9.17) is 15.0 Å². The Morgan fingerprint density at radius 3 is 2.41 bits per heavy atom. The fourth-order valence-corrected chi connectivity index (χ4v) is 5.31. The Morgan fingerprint density at radius 1 is 0.897 bits per heavy atom. The van der Waals surface area contributed by atoms with Crippen LogP contribution in [-0.4, -0.2) is 70.1 Å². The summed E-state index contributed by atoms with van der Waals surface area (Å²) in [6.07, 6.45) is 2.41. The van der Waals surface area contributed by atoms with Gasteiger partial charge >= 0.3 is 6.03 Å². The third kappa shape index (κ3) is 5.68. The summed E-state index contributed by atoms with van der Waals surface area (Å²) in [5.41, 5.74) is 5.00. The van der Waals surface area contributed by atoms with Crippen LogP contribution in [0.1, 0.15) is 24.2 Å². The highest BCUT2D eigenvalue weighted by molar-refractivity contribution is 5.90. The van der Waals surface area contributed by atoms with E-state index in [0.29, 0.717) is 32.7 Å². The van der Waals surface area contributed by atoms with Gasteiger partial charge in [0.15, 0.2) is 5.82 Å².